The van der Waals surface area contributed by atoms with Crippen molar-refractivity contribution >= 4 is 41.3 Å². The molecule has 14 heavy (non-hydrogen) atoms. The summed E-state index contributed by atoms with van der Waals surface area (Å²) in [4.78, 5) is 0. The van der Waals surface area contributed by atoms with Gasteiger partial charge in [0.05, 0.1) is 16.7 Å². The van der Waals surface area contributed by atoms with E-state index in [1.165, 1.54) is 0 Å². The van der Waals surface area contributed by atoms with Gasteiger partial charge in [-0.15, -0.1) is 12.4 Å². The first-order valence-electron chi connectivity index (χ1n) is 3.98. The summed E-state index contributed by atoms with van der Waals surface area (Å²) in [5.74, 6) is 0.546. The minimum Gasteiger partial charge on any atom is -0.491 e. The third-order valence-electron chi connectivity index (χ3n) is 1.58. The quantitative estimate of drug-likeness (QED) is 0.887. The van der Waals surface area contributed by atoms with Crippen LogP contribution in [0.3, 0.4) is 0 Å². The van der Waals surface area contributed by atoms with Gasteiger partial charge in [0, 0.05) is 12.7 Å². The topological polar surface area (TPSA) is 21.3 Å². The van der Waals surface area contributed by atoms with Crippen molar-refractivity contribution in [3.63, 3.8) is 0 Å². The standard InChI is InChI=1S/C9H11Cl2NO.ClH/c1-3-13-9-7(10)4-6(12-2)5-8(9)11;/h4-5,12H,3H2,1-2H3;1H. The van der Waals surface area contributed by atoms with Gasteiger partial charge in [0.2, 0.25) is 0 Å². The van der Waals surface area contributed by atoms with E-state index in [-0.39, 0.29) is 12.4 Å². The van der Waals surface area contributed by atoms with Gasteiger partial charge in [0.15, 0.2) is 5.75 Å². The maximum absolute atomic E-state index is 5.94. The average Bonchev–Trinajstić information content (AvgIpc) is 2.11. The van der Waals surface area contributed by atoms with Crippen molar-refractivity contribution in [1.82, 2.24) is 0 Å². The number of ether oxygens (including phenoxy) is 1. The number of anilines is 1. The summed E-state index contributed by atoms with van der Waals surface area (Å²) in [5.41, 5.74) is 0.874. The Labute approximate surface area is 99.9 Å². The zero-order chi connectivity index (χ0) is 9.84. The molecule has 0 spiro atoms. The number of hydrogen-bond acceptors (Lipinski definition) is 2. The third-order valence-corrected chi connectivity index (χ3v) is 2.14. The molecular formula is C9H12Cl3NO. The van der Waals surface area contributed by atoms with Crippen molar-refractivity contribution in [3.8, 4) is 5.75 Å². The Kier molecular flexibility index (Phi) is 6.09. The molecule has 0 unspecified atom stereocenters. The Morgan fingerprint density at radius 3 is 2.14 bits per heavy atom. The summed E-state index contributed by atoms with van der Waals surface area (Å²) in [6.45, 7) is 2.44. The van der Waals surface area contributed by atoms with Crippen molar-refractivity contribution < 1.29 is 4.74 Å². The molecule has 5 heteroatoms. The van der Waals surface area contributed by atoms with E-state index < -0.39 is 0 Å². The molecule has 1 N–H and O–H groups in total. The number of benzene rings is 1. The summed E-state index contributed by atoms with van der Waals surface area (Å²) >= 11 is 11.9. The molecule has 1 aromatic carbocycles. The van der Waals surface area contributed by atoms with E-state index in [0.29, 0.717) is 22.4 Å². The van der Waals surface area contributed by atoms with Crippen molar-refractivity contribution in [1.29, 1.82) is 0 Å². The van der Waals surface area contributed by atoms with Crippen LogP contribution in [0.1, 0.15) is 6.92 Å². The van der Waals surface area contributed by atoms with Crippen LogP contribution in [-0.2, 0) is 0 Å². The van der Waals surface area contributed by atoms with Gasteiger partial charge in [-0.05, 0) is 19.1 Å². The highest BCUT2D eigenvalue weighted by atomic mass is 35.5. The highest BCUT2D eigenvalue weighted by molar-refractivity contribution is 6.37. The van der Waals surface area contributed by atoms with Gasteiger partial charge >= 0.3 is 0 Å². The molecule has 0 saturated heterocycles. The van der Waals surface area contributed by atoms with Crippen LogP contribution in [0.2, 0.25) is 10.0 Å². The molecule has 0 heterocycles. The van der Waals surface area contributed by atoms with Crippen molar-refractivity contribution in [2.75, 3.05) is 19.0 Å². The Balaban J connectivity index is 0.00000169. The summed E-state index contributed by atoms with van der Waals surface area (Å²) in [6.07, 6.45) is 0. The van der Waals surface area contributed by atoms with Crippen LogP contribution in [0.15, 0.2) is 12.1 Å². The van der Waals surface area contributed by atoms with Crippen LogP contribution >= 0.6 is 35.6 Å². The molecule has 0 bridgehead atoms. The molecular weight excluding hydrogens is 244 g/mol. The van der Waals surface area contributed by atoms with Gasteiger partial charge in [0.1, 0.15) is 0 Å². The lowest BCUT2D eigenvalue weighted by atomic mass is 10.3. The van der Waals surface area contributed by atoms with Crippen molar-refractivity contribution in [2.24, 2.45) is 0 Å². The molecule has 0 fully saturated rings. The first-order chi connectivity index (χ1) is 6.19. The second-order valence-corrected chi connectivity index (χ2v) is 3.27. The molecule has 0 aromatic heterocycles. The fraction of sp³-hybridized carbons (Fsp3) is 0.333. The van der Waals surface area contributed by atoms with Crippen LogP contribution in [0, 0.1) is 0 Å². The van der Waals surface area contributed by atoms with Gasteiger partial charge < -0.3 is 10.1 Å². The summed E-state index contributed by atoms with van der Waals surface area (Å²) in [7, 11) is 1.81. The molecule has 0 aliphatic heterocycles. The van der Waals surface area contributed by atoms with E-state index in [1.54, 1.807) is 12.1 Å². The first kappa shape index (κ1) is 13.7. The molecule has 0 radical (unpaired) electrons. The van der Waals surface area contributed by atoms with Gasteiger partial charge in [0.25, 0.3) is 0 Å². The van der Waals surface area contributed by atoms with Gasteiger partial charge in [-0.2, -0.15) is 0 Å². The monoisotopic (exact) mass is 255 g/mol. The fourth-order valence-electron chi connectivity index (χ4n) is 0.986. The smallest absolute Gasteiger partial charge is 0.156 e. The van der Waals surface area contributed by atoms with Crippen LogP contribution in [0.25, 0.3) is 0 Å². The highest BCUT2D eigenvalue weighted by Crippen LogP contribution is 2.35. The van der Waals surface area contributed by atoms with Crippen LogP contribution in [0.5, 0.6) is 5.75 Å². The van der Waals surface area contributed by atoms with Crippen LogP contribution in [-0.4, -0.2) is 13.7 Å². The SMILES string of the molecule is CCOc1c(Cl)cc(NC)cc1Cl.Cl. The molecule has 0 aliphatic rings. The zero-order valence-corrected chi connectivity index (χ0v) is 10.3. The maximum Gasteiger partial charge on any atom is 0.156 e. The molecule has 0 atom stereocenters. The number of nitrogens with one attached hydrogen (secondary N) is 1. The third kappa shape index (κ3) is 3.12. The van der Waals surface area contributed by atoms with E-state index in [1.807, 2.05) is 14.0 Å². The number of rotatable bonds is 3. The Hall–Kier alpha value is -0.310. The summed E-state index contributed by atoms with van der Waals surface area (Å²) in [6, 6.07) is 3.55. The second kappa shape index (κ2) is 6.23. The van der Waals surface area contributed by atoms with Crippen molar-refractivity contribution in [3.05, 3.63) is 22.2 Å². The molecule has 0 amide bonds. The van der Waals surface area contributed by atoms with Gasteiger partial charge in [-0.3, -0.25) is 0 Å². The zero-order valence-electron chi connectivity index (χ0n) is 7.93. The van der Waals surface area contributed by atoms with E-state index in [2.05, 4.69) is 5.32 Å². The molecule has 0 saturated carbocycles. The fourth-order valence-corrected chi connectivity index (χ4v) is 1.58. The lowest BCUT2D eigenvalue weighted by molar-refractivity contribution is 0.340. The number of halogens is 3. The van der Waals surface area contributed by atoms with Crippen LogP contribution < -0.4 is 10.1 Å². The average molecular weight is 257 g/mol. The van der Waals surface area contributed by atoms with Gasteiger partial charge in [-0.1, -0.05) is 23.2 Å². The Morgan fingerprint density at radius 2 is 1.79 bits per heavy atom. The van der Waals surface area contributed by atoms with E-state index in [4.69, 9.17) is 27.9 Å². The van der Waals surface area contributed by atoms with Crippen molar-refractivity contribution in [2.45, 2.75) is 6.92 Å². The summed E-state index contributed by atoms with van der Waals surface area (Å²) in [5, 5.41) is 4.01. The van der Waals surface area contributed by atoms with Gasteiger partial charge in [-0.25, -0.2) is 0 Å². The first-order valence-corrected chi connectivity index (χ1v) is 4.74. The maximum atomic E-state index is 5.94. The van der Waals surface area contributed by atoms with E-state index in [9.17, 15) is 0 Å². The normalized spacial score (nSPS) is 9.14. The highest BCUT2D eigenvalue weighted by Gasteiger charge is 2.07. The summed E-state index contributed by atoms with van der Waals surface area (Å²) < 4.78 is 5.28. The minimum atomic E-state index is 0. The molecule has 80 valence electrons. The van der Waals surface area contributed by atoms with Crippen LogP contribution in [0.4, 0.5) is 5.69 Å². The largest absolute Gasteiger partial charge is 0.491 e. The molecule has 1 rings (SSSR count). The number of hydrogen-bond donors (Lipinski definition) is 1. The lowest BCUT2D eigenvalue weighted by Crippen LogP contribution is -1.95. The lowest BCUT2D eigenvalue weighted by Gasteiger charge is -2.09. The predicted octanol–water partition coefficient (Wildman–Crippen LogP) is 3.86. The molecule has 0 aliphatic carbocycles. The Bertz CT molecular complexity index is 281. The van der Waals surface area contributed by atoms with E-state index in [0.717, 1.165) is 5.69 Å². The second-order valence-electron chi connectivity index (χ2n) is 2.45. The minimum absolute atomic E-state index is 0. The molecule has 1 aromatic rings. The molecule has 2 nitrogen and oxygen atoms in total. The van der Waals surface area contributed by atoms with E-state index >= 15 is 0 Å². The predicted molar refractivity (Wildman–Crippen MR) is 64.4 cm³/mol. The Morgan fingerprint density at radius 1 is 1.29 bits per heavy atom.